The van der Waals surface area contributed by atoms with Crippen molar-refractivity contribution in [1.82, 2.24) is 0 Å². The Kier molecular flexibility index (Phi) is 1.58. The summed E-state index contributed by atoms with van der Waals surface area (Å²) in [5.41, 5.74) is 2.08. The van der Waals surface area contributed by atoms with Crippen LogP contribution in [0.4, 0.5) is 0 Å². The van der Waals surface area contributed by atoms with E-state index in [1.807, 2.05) is 0 Å². The molecule has 0 nitrogen and oxygen atoms in total. The van der Waals surface area contributed by atoms with Gasteiger partial charge >= 0.3 is 0 Å². The summed E-state index contributed by atoms with van der Waals surface area (Å²) in [6.45, 7) is 14.5. The van der Waals surface area contributed by atoms with Crippen molar-refractivity contribution in [2.45, 2.75) is 54.4 Å². The first-order valence-electron chi connectivity index (χ1n) is 5.78. The van der Waals surface area contributed by atoms with E-state index in [2.05, 4.69) is 41.5 Å². The van der Waals surface area contributed by atoms with E-state index >= 15 is 0 Å². The molecule has 0 amide bonds. The van der Waals surface area contributed by atoms with Crippen LogP contribution in [-0.4, -0.2) is 0 Å². The van der Waals surface area contributed by atoms with Crippen LogP contribution in [-0.2, 0) is 0 Å². The molecule has 0 aromatic carbocycles. The maximum atomic E-state index is 2.46. The molecule has 2 rings (SSSR count). The molecular formula is C13H24. The summed E-state index contributed by atoms with van der Waals surface area (Å²) in [5.74, 6) is 1.91. The van der Waals surface area contributed by atoms with Crippen LogP contribution >= 0.6 is 0 Å². The minimum atomic E-state index is 0.672. The van der Waals surface area contributed by atoms with Crippen molar-refractivity contribution >= 4 is 0 Å². The average molecular weight is 180 g/mol. The summed E-state index contributed by atoms with van der Waals surface area (Å²) in [7, 11) is 0. The van der Waals surface area contributed by atoms with Crippen LogP contribution in [0.15, 0.2) is 0 Å². The lowest BCUT2D eigenvalue weighted by molar-refractivity contribution is 0.180. The molecule has 2 fully saturated rings. The monoisotopic (exact) mass is 180 g/mol. The molecule has 0 heterocycles. The summed E-state index contributed by atoms with van der Waals surface area (Å²) in [6.07, 6.45) is 2.89. The lowest BCUT2D eigenvalue weighted by atomic mass is 9.74. The maximum absolute atomic E-state index is 2.46. The van der Waals surface area contributed by atoms with Crippen molar-refractivity contribution in [1.29, 1.82) is 0 Å². The van der Waals surface area contributed by atoms with Crippen molar-refractivity contribution in [2.75, 3.05) is 0 Å². The summed E-state index contributed by atoms with van der Waals surface area (Å²) in [4.78, 5) is 0. The highest BCUT2D eigenvalue weighted by Gasteiger charge is 2.94. The van der Waals surface area contributed by atoms with Gasteiger partial charge in [0.2, 0.25) is 0 Å². The molecule has 0 bridgehead atoms. The zero-order chi connectivity index (χ0) is 10.1. The predicted molar refractivity (Wildman–Crippen MR) is 57.6 cm³/mol. The van der Waals surface area contributed by atoms with Gasteiger partial charge in [-0.15, -0.1) is 0 Å². The molecule has 0 N–H and O–H groups in total. The molecule has 0 aliphatic heterocycles. The van der Waals surface area contributed by atoms with Crippen LogP contribution < -0.4 is 0 Å². The zero-order valence-corrected chi connectivity index (χ0v) is 10.1. The summed E-state index contributed by atoms with van der Waals surface area (Å²) >= 11 is 0. The molecule has 0 spiro atoms. The lowest BCUT2D eigenvalue weighted by Gasteiger charge is -2.30. The molecule has 0 aromatic rings. The first-order chi connectivity index (χ1) is 5.78. The Hall–Kier alpha value is 0. The second kappa shape index (κ2) is 2.15. The van der Waals surface area contributed by atoms with Crippen LogP contribution in [0.25, 0.3) is 0 Å². The SMILES string of the molecule is CC(C)CCC12C(C1(C)C)C2(C)C. The Morgan fingerprint density at radius 1 is 1.00 bits per heavy atom. The molecule has 2 aliphatic carbocycles. The van der Waals surface area contributed by atoms with Crippen LogP contribution in [0.1, 0.15) is 54.4 Å². The Bertz CT molecular complexity index is 216. The Labute approximate surface area is 83.1 Å². The maximum Gasteiger partial charge on any atom is -0.0150 e. The molecule has 0 unspecified atom stereocenters. The average Bonchev–Trinajstić information content (AvgIpc) is 2.66. The minimum Gasteiger partial charge on any atom is -0.0628 e. The van der Waals surface area contributed by atoms with Crippen molar-refractivity contribution in [3.63, 3.8) is 0 Å². The fourth-order valence-electron chi connectivity index (χ4n) is 4.67. The van der Waals surface area contributed by atoms with Crippen molar-refractivity contribution in [2.24, 2.45) is 28.1 Å². The number of hydrogen-bond donors (Lipinski definition) is 0. The van der Waals surface area contributed by atoms with Gasteiger partial charge in [0.1, 0.15) is 0 Å². The third-order valence-electron chi connectivity index (χ3n) is 5.19. The summed E-state index contributed by atoms with van der Waals surface area (Å²) in [6, 6.07) is 0. The van der Waals surface area contributed by atoms with Gasteiger partial charge in [0.15, 0.2) is 0 Å². The molecule has 0 radical (unpaired) electrons. The van der Waals surface area contributed by atoms with E-state index < -0.39 is 0 Å². The van der Waals surface area contributed by atoms with Gasteiger partial charge in [-0.1, -0.05) is 48.0 Å². The van der Waals surface area contributed by atoms with E-state index in [-0.39, 0.29) is 0 Å². The minimum absolute atomic E-state index is 0.672. The highest BCUT2D eigenvalue weighted by molar-refractivity contribution is 5.40. The van der Waals surface area contributed by atoms with Gasteiger partial charge in [0, 0.05) is 0 Å². The molecule has 2 aliphatic rings. The number of rotatable bonds is 3. The van der Waals surface area contributed by atoms with E-state index in [0.717, 1.165) is 17.3 Å². The van der Waals surface area contributed by atoms with E-state index in [0.29, 0.717) is 10.8 Å². The quantitative estimate of drug-likeness (QED) is 0.613. The molecule has 0 aromatic heterocycles. The third kappa shape index (κ3) is 0.831. The lowest BCUT2D eigenvalue weighted by Crippen LogP contribution is -2.23. The van der Waals surface area contributed by atoms with Gasteiger partial charge in [-0.25, -0.2) is 0 Å². The largest absolute Gasteiger partial charge is 0.0628 e. The first kappa shape index (κ1) is 9.55. The van der Waals surface area contributed by atoms with Gasteiger partial charge in [-0.2, -0.15) is 0 Å². The third-order valence-corrected chi connectivity index (χ3v) is 5.19. The molecule has 2 saturated carbocycles. The van der Waals surface area contributed by atoms with E-state index in [1.54, 1.807) is 0 Å². The zero-order valence-electron chi connectivity index (χ0n) is 10.1. The van der Waals surface area contributed by atoms with Crippen LogP contribution in [0.2, 0.25) is 0 Å². The summed E-state index contributed by atoms with van der Waals surface area (Å²) in [5, 5.41) is 0. The van der Waals surface area contributed by atoms with Gasteiger partial charge in [-0.3, -0.25) is 0 Å². The topological polar surface area (TPSA) is 0 Å². The van der Waals surface area contributed by atoms with Gasteiger partial charge < -0.3 is 0 Å². The molecule has 0 saturated heterocycles. The van der Waals surface area contributed by atoms with E-state index in [9.17, 15) is 0 Å². The van der Waals surface area contributed by atoms with Crippen LogP contribution in [0, 0.1) is 28.1 Å². The van der Waals surface area contributed by atoms with E-state index in [4.69, 9.17) is 0 Å². The predicted octanol–water partition coefficient (Wildman–Crippen LogP) is 4.10. The standard InChI is InChI=1S/C13H24/c1-9(2)7-8-13-10(11(13,3)4)12(13,5)6/h9-10H,7-8H2,1-6H3. The number of fused-ring (bicyclic) bond motifs is 1. The van der Waals surface area contributed by atoms with Crippen molar-refractivity contribution in [3.8, 4) is 0 Å². The van der Waals surface area contributed by atoms with Gasteiger partial charge in [0.25, 0.3) is 0 Å². The van der Waals surface area contributed by atoms with Gasteiger partial charge in [0.05, 0.1) is 0 Å². The fraction of sp³-hybridized carbons (Fsp3) is 1.00. The summed E-state index contributed by atoms with van der Waals surface area (Å²) < 4.78 is 0. The van der Waals surface area contributed by atoms with Crippen molar-refractivity contribution < 1.29 is 0 Å². The Morgan fingerprint density at radius 3 is 1.69 bits per heavy atom. The fourth-order valence-corrected chi connectivity index (χ4v) is 4.67. The Morgan fingerprint density at radius 2 is 1.46 bits per heavy atom. The molecule has 76 valence electrons. The highest BCUT2D eigenvalue weighted by Crippen LogP contribution is 2.98. The van der Waals surface area contributed by atoms with Gasteiger partial charge in [-0.05, 0) is 34.5 Å². The second-order valence-corrected chi connectivity index (χ2v) is 6.78. The molecule has 0 heteroatoms. The van der Waals surface area contributed by atoms with Crippen molar-refractivity contribution in [3.05, 3.63) is 0 Å². The molecule has 0 atom stereocenters. The molecule has 13 heavy (non-hydrogen) atoms. The van der Waals surface area contributed by atoms with Crippen LogP contribution in [0.3, 0.4) is 0 Å². The van der Waals surface area contributed by atoms with E-state index in [1.165, 1.54) is 12.8 Å². The van der Waals surface area contributed by atoms with Crippen LogP contribution in [0.5, 0.6) is 0 Å². The number of hydrogen-bond acceptors (Lipinski definition) is 0. The molecular weight excluding hydrogens is 156 g/mol. The normalized spacial score (nSPS) is 43.2. The Balaban J connectivity index is 1.99. The smallest absolute Gasteiger partial charge is 0.0150 e. The second-order valence-electron chi connectivity index (χ2n) is 6.78. The highest BCUT2D eigenvalue weighted by atomic mass is 15.0. The first-order valence-corrected chi connectivity index (χ1v) is 5.78.